The number of benzene rings is 1. The summed E-state index contributed by atoms with van der Waals surface area (Å²) in [5, 5.41) is 11.0. The average Bonchev–Trinajstić information content (AvgIpc) is 3.47. The van der Waals surface area contributed by atoms with Crippen molar-refractivity contribution in [2.75, 3.05) is 11.9 Å². The summed E-state index contributed by atoms with van der Waals surface area (Å²) < 4.78 is 1.27. The summed E-state index contributed by atoms with van der Waals surface area (Å²) in [5.41, 5.74) is 1.56. The smallest absolute Gasteiger partial charge is 0.287 e. The van der Waals surface area contributed by atoms with Crippen LogP contribution in [0.4, 0.5) is 5.69 Å². The van der Waals surface area contributed by atoms with E-state index in [4.69, 9.17) is 0 Å². The van der Waals surface area contributed by atoms with Gasteiger partial charge in [-0.15, -0.1) is 0 Å². The van der Waals surface area contributed by atoms with E-state index < -0.39 is 29.2 Å². The van der Waals surface area contributed by atoms with E-state index in [1.165, 1.54) is 48.9 Å². The lowest BCUT2D eigenvalue weighted by atomic mass is 9.54. The van der Waals surface area contributed by atoms with E-state index in [2.05, 4.69) is 21.3 Å². The molecule has 4 saturated carbocycles. The highest BCUT2D eigenvalue weighted by atomic mass is 16.2. The van der Waals surface area contributed by atoms with E-state index in [1.807, 2.05) is 24.3 Å². The minimum atomic E-state index is -1.16. The summed E-state index contributed by atoms with van der Waals surface area (Å²) in [4.78, 5) is 77.7. The van der Waals surface area contributed by atoms with Gasteiger partial charge in [-0.1, -0.05) is 24.3 Å². The van der Waals surface area contributed by atoms with Crippen LogP contribution >= 0.6 is 0 Å². The van der Waals surface area contributed by atoms with Gasteiger partial charge in [-0.3, -0.25) is 28.8 Å². The summed E-state index contributed by atoms with van der Waals surface area (Å²) in [5.74, 6) is -0.494. The predicted molar refractivity (Wildman–Crippen MR) is 171 cm³/mol. The summed E-state index contributed by atoms with van der Waals surface area (Å²) in [6.45, 7) is 1.81. The lowest BCUT2D eigenvalue weighted by Crippen LogP contribution is -2.56. The first-order valence-corrected chi connectivity index (χ1v) is 16.7. The molecule has 1 aromatic carbocycles. The molecule has 5 aliphatic carbocycles. The van der Waals surface area contributed by atoms with E-state index in [1.54, 1.807) is 13.0 Å². The molecule has 0 saturated heterocycles. The zero-order valence-corrected chi connectivity index (χ0v) is 26.3. The van der Waals surface area contributed by atoms with Crippen molar-refractivity contribution >= 4 is 35.1 Å². The Balaban J connectivity index is 1.10. The first-order valence-electron chi connectivity index (χ1n) is 16.7. The Morgan fingerprint density at radius 1 is 0.891 bits per heavy atom. The van der Waals surface area contributed by atoms with Crippen LogP contribution in [0.15, 0.2) is 47.4 Å². The lowest BCUT2D eigenvalue weighted by Gasteiger charge is -2.54. The highest BCUT2D eigenvalue weighted by Gasteiger charge is 2.48. The Labute approximate surface area is 268 Å². The highest BCUT2D eigenvalue weighted by molar-refractivity contribution is 6.36. The minimum absolute atomic E-state index is 0.0440. The molecule has 4 amide bonds. The number of likely N-dealkylation sites (N-methyl/N-ethyl adjacent to an activating group) is 1. The Kier molecular flexibility index (Phi) is 9.37. The number of Topliss-reactive ketones (excluding diaryl/α,β-unsaturated/α-hetero) is 1. The number of rotatable bonds is 12. The van der Waals surface area contributed by atoms with Crippen LogP contribution in [0.25, 0.3) is 0 Å². The molecule has 4 N–H and O–H groups in total. The molecule has 2 aromatic rings. The fraction of sp³-hybridized carbons (Fsp3) is 0.543. The van der Waals surface area contributed by atoms with Gasteiger partial charge in [0.25, 0.3) is 11.5 Å². The molecule has 46 heavy (non-hydrogen) atoms. The van der Waals surface area contributed by atoms with Crippen LogP contribution in [-0.4, -0.2) is 52.6 Å². The van der Waals surface area contributed by atoms with Crippen LogP contribution in [0.2, 0.25) is 0 Å². The maximum Gasteiger partial charge on any atom is 0.287 e. The topological polar surface area (TPSA) is 155 Å². The van der Waals surface area contributed by atoms with Crippen molar-refractivity contribution in [3.8, 4) is 0 Å². The van der Waals surface area contributed by atoms with Gasteiger partial charge in [0.05, 0.1) is 0 Å². The van der Waals surface area contributed by atoms with Crippen LogP contribution in [0.3, 0.4) is 0 Å². The van der Waals surface area contributed by atoms with Crippen molar-refractivity contribution in [1.29, 1.82) is 0 Å². The van der Waals surface area contributed by atoms with Crippen molar-refractivity contribution in [3.63, 3.8) is 0 Å². The second-order valence-electron chi connectivity index (χ2n) is 13.6. The molecular weight excluding hydrogens is 586 g/mol. The number of ketones is 1. The van der Waals surface area contributed by atoms with E-state index in [0.717, 1.165) is 23.0 Å². The van der Waals surface area contributed by atoms with Crippen molar-refractivity contribution in [3.05, 3.63) is 64.1 Å². The van der Waals surface area contributed by atoms with E-state index in [0.29, 0.717) is 24.7 Å². The SMILES string of the molecule is CCNC(=O)C(=O)CC[C@H](NC(=O)C1Cc2ccccc2C1)C(=O)Nc1cccn(CC(=O)NC2C3CC4CC(C3)CC2C4)c1=O. The Morgan fingerprint density at radius 3 is 2.17 bits per heavy atom. The fourth-order valence-corrected chi connectivity index (χ4v) is 8.47. The number of pyridine rings is 1. The third-order valence-electron chi connectivity index (χ3n) is 10.5. The molecule has 11 nitrogen and oxygen atoms in total. The van der Waals surface area contributed by atoms with Crippen molar-refractivity contribution in [2.24, 2.45) is 29.6 Å². The fourth-order valence-electron chi connectivity index (χ4n) is 8.47. The number of carbonyl (C=O) groups excluding carboxylic acids is 5. The molecule has 5 aliphatic rings. The second-order valence-corrected chi connectivity index (χ2v) is 13.6. The third kappa shape index (κ3) is 6.93. The van der Waals surface area contributed by atoms with E-state index in [9.17, 15) is 28.8 Å². The zero-order valence-electron chi connectivity index (χ0n) is 26.3. The quantitative estimate of drug-likeness (QED) is 0.264. The number of nitrogens with zero attached hydrogens (tertiary/aromatic N) is 1. The summed E-state index contributed by atoms with van der Waals surface area (Å²) in [6.07, 6.45) is 8.17. The molecule has 4 bridgehead atoms. The molecule has 0 unspecified atom stereocenters. The predicted octanol–water partition coefficient (Wildman–Crippen LogP) is 2.11. The van der Waals surface area contributed by atoms with Crippen LogP contribution in [0.5, 0.6) is 0 Å². The van der Waals surface area contributed by atoms with Crippen molar-refractivity contribution < 1.29 is 24.0 Å². The Bertz CT molecular complexity index is 1530. The first-order chi connectivity index (χ1) is 22.2. The summed E-state index contributed by atoms with van der Waals surface area (Å²) in [6, 6.07) is 9.79. The average molecular weight is 630 g/mol. The van der Waals surface area contributed by atoms with Crippen LogP contribution in [0, 0.1) is 29.6 Å². The van der Waals surface area contributed by atoms with Gasteiger partial charge in [-0.25, -0.2) is 0 Å². The summed E-state index contributed by atoms with van der Waals surface area (Å²) in [7, 11) is 0. The molecule has 244 valence electrons. The zero-order chi connectivity index (χ0) is 32.4. The largest absolute Gasteiger partial charge is 0.351 e. The molecule has 7 rings (SSSR count). The van der Waals surface area contributed by atoms with Gasteiger partial charge in [-0.2, -0.15) is 0 Å². The summed E-state index contributed by atoms with van der Waals surface area (Å²) >= 11 is 0. The Hall–Kier alpha value is -4.28. The van der Waals surface area contributed by atoms with Gasteiger partial charge < -0.3 is 25.8 Å². The third-order valence-corrected chi connectivity index (χ3v) is 10.5. The molecule has 11 heteroatoms. The van der Waals surface area contributed by atoms with Gasteiger partial charge in [0.2, 0.25) is 23.5 Å². The molecule has 0 spiro atoms. The van der Waals surface area contributed by atoms with Gasteiger partial charge >= 0.3 is 0 Å². The van der Waals surface area contributed by atoms with E-state index >= 15 is 0 Å². The molecule has 1 aromatic heterocycles. The van der Waals surface area contributed by atoms with Crippen LogP contribution < -0.4 is 26.8 Å². The molecular formula is C35H43N5O6. The normalized spacial score (nSPS) is 24.9. The molecule has 0 aliphatic heterocycles. The number of hydrogen-bond donors (Lipinski definition) is 4. The van der Waals surface area contributed by atoms with Gasteiger partial charge in [0, 0.05) is 31.1 Å². The number of hydrogen-bond acceptors (Lipinski definition) is 6. The number of amides is 4. The first kappa shape index (κ1) is 31.7. The molecule has 1 atom stereocenters. The number of nitrogens with one attached hydrogen (secondary N) is 4. The highest BCUT2D eigenvalue weighted by Crippen LogP contribution is 2.53. The van der Waals surface area contributed by atoms with Gasteiger partial charge in [0.15, 0.2) is 0 Å². The van der Waals surface area contributed by atoms with Crippen molar-refractivity contribution in [2.45, 2.75) is 83.3 Å². The van der Waals surface area contributed by atoms with Gasteiger partial charge in [-0.05, 0) is 105 Å². The lowest BCUT2D eigenvalue weighted by molar-refractivity contribution is -0.138. The minimum Gasteiger partial charge on any atom is -0.351 e. The van der Waals surface area contributed by atoms with Crippen LogP contribution in [-0.2, 0) is 43.4 Å². The monoisotopic (exact) mass is 629 g/mol. The Morgan fingerprint density at radius 2 is 1.54 bits per heavy atom. The number of fused-ring (bicyclic) bond motifs is 1. The maximum absolute atomic E-state index is 13.5. The molecule has 1 heterocycles. The number of anilines is 1. The standard InChI is InChI=1S/C35H43N5O6/c1-2-36-34(45)29(41)10-9-27(37-32(43)26-17-22-6-3-4-7-23(22)18-26)33(44)38-28-8-5-11-40(35(28)46)19-30(42)39-31-24-13-20-12-21(15-24)16-25(31)14-20/h3-8,11,20-21,24-27,31H,2,9-10,12-19H2,1H3,(H,36,45)(H,37,43)(H,38,44)(H,39,42)/t20?,21?,24?,25?,27-,31?/m0/s1. The molecule has 0 radical (unpaired) electrons. The molecule has 4 fully saturated rings. The van der Waals surface area contributed by atoms with E-state index in [-0.39, 0.29) is 55.4 Å². The van der Waals surface area contributed by atoms with Crippen molar-refractivity contribution in [1.82, 2.24) is 20.5 Å². The number of aromatic nitrogens is 1. The van der Waals surface area contributed by atoms with Crippen LogP contribution in [0.1, 0.15) is 63.0 Å². The maximum atomic E-state index is 13.5. The second kappa shape index (κ2) is 13.6. The number of carbonyl (C=O) groups is 5. The van der Waals surface area contributed by atoms with Gasteiger partial charge in [0.1, 0.15) is 18.3 Å².